The third kappa shape index (κ3) is 6.65. The molecule has 0 aliphatic carbocycles. The molecule has 0 bridgehead atoms. The molecule has 0 unspecified atom stereocenters. The molecule has 2 amide bonds. The van der Waals surface area contributed by atoms with Crippen molar-refractivity contribution in [3.05, 3.63) is 90.0 Å². The lowest BCUT2D eigenvalue weighted by Gasteiger charge is -2.31. The zero-order valence-electron chi connectivity index (χ0n) is 23.0. The summed E-state index contributed by atoms with van der Waals surface area (Å²) in [7, 11) is 4.01. The van der Waals surface area contributed by atoms with E-state index in [0.29, 0.717) is 25.3 Å². The molecule has 0 saturated heterocycles. The highest BCUT2D eigenvalue weighted by molar-refractivity contribution is 5.87. The van der Waals surface area contributed by atoms with E-state index in [1.807, 2.05) is 69.1 Å². The highest BCUT2D eigenvalue weighted by atomic mass is 16.3. The average Bonchev–Trinajstić information content (AvgIpc) is 3.55. The molecule has 0 aliphatic heterocycles. The second kappa shape index (κ2) is 11.6. The van der Waals surface area contributed by atoms with Gasteiger partial charge in [0.05, 0.1) is 12.8 Å². The first-order valence-corrected chi connectivity index (χ1v) is 13.0. The summed E-state index contributed by atoms with van der Waals surface area (Å²) in [4.78, 5) is 35.9. The van der Waals surface area contributed by atoms with Crippen LogP contribution >= 0.6 is 0 Å². The molecule has 2 heterocycles. The summed E-state index contributed by atoms with van der Waals surface area (Å²) < 4.78 is 5.51. The second-order valence-electron chi connectivity index (χ2n) is 11.0. The van der Waals surface area contributed by atoms with E-state index in [4.69, 9.17) is 4.42 Å². The minimum Gasteiger partial charge on any atom is -0.467 e. The highest BCUT2D eigenvalue weighted by Crippen LogP contribution is 2.22. The Morgan fingerprint density at radius 3 is 2.29 bits per heavy atom. The number of aromatic nitrogens is 1. The van der Waals surface area contributed by atoms with Crippen LogP contribution in [0, 0.1) is 5.41 Å². The number of hydrogen-bond acceptors (Lipinski definition) is 4. The molecule has 7 heteroatoms. The Hall–Kier alpha value is -4.00. The molecule has 38 heavy (non-hydrogen) atoms. The molecule has 7 nitrogen and oxygen atoms in total. The summed E-state index contributed by atoms with van der Waals surface area (Å²) in [6, 6.07) is 20.0. The van der Waals surface area contributed by atoms with E-state index in [1.54, 1.807) is 17.2 Å². The number of fused-ring (bicyclic) bond motifs is 1. The molecule has 2 aromatic carbocycles. The lowest BCUT2D eigenvalue weighted by Crippen LogP contribution is -2.46. The lowest BCUT2D eigenvalue weighted by atomic mass is 9.94. The Bertz CT molecular complexity index is 1350. The first-order chi connectivity index (χ1) is 18.1. The van der Waals surface area contributed by atoms with E-state index in [9.17, 15) is 9.59 Å². The van der Waals surface area contributed by atoms with Gasteiger partial charge in [-0.3, -0.25) is 9.59 Å². The molecule has 4 aromatic rings. The van der Waals surface area contributed by atoms with Crippen LogP contribution in [0.1, 0.15) is 37.7 Å². The molecular formula is C31H38N4O3. The van der Waals surface area contributed by atoms with Crippen LogP contribution in [0.5, 0.6) is 0 Å². The zero-order valence-corrected chi connectivity index (χ0v) is 23.0. The van der Waals surface area contributed by atoms with Crippen molar-refractivity contribution in [2.75, 3.05) is 32.1 Å². The van der Waals surface area contributed by atoms with Gasteiger partial charge in [-0.15, -0.1) is 0 Å². The van der Waals surface area contributed by atoms with Gasteiger partial charge in [-0.2, -0.15) is 0 Å². The van der Waals surface area contributed by atoms with E-state index in [0.717, 1.165) is 22.2 Å². The molecule has 0 spiro atoms. The van der Waals surface area contributed by atoms with Gasteiger partial charge in [-0.25, -0.2) is 0 Å². The molecule has 0 radical (unpaired) electrons. The molecular weight excluding hydrogens is 476 g/mol. The summed E-state index contributed by atoms with van der Waals surface area (Å²) in [5, 5.41) is 1.16. The van der Waals surface area contributed by atoms with Crippen molar-refractivity contribution in [1.82, 2.24) is 14.8 Å². The summed E-state index contributed by atoms with van der Waals surface area (Å²) in [5.74, 6) is 0.472. The number of anilines is 1. The number of carbonyl (C=O) groups is 2. The Morgan fingerprint density at radius 1 is 0.895 bits per heavy atom. The van der Waals surface area contributed by atoms with E-state index in [-0.39, 0.29) is 24.9 Å². The number of nitrogens with one attached hydrogen (secondary N) is 1. The Morgan fingerprint density at radius 2 is 1.63 bits per heavy atom. The highest BCUT2D eigenvalue weighted by Gasteiger charge is 2.30. The van der Waals surface area contributed by atoms with Crippen LogP contribution in [0.2, 0.25) is 0 Å². The van der Waals surface area contributed by atoms with Gasteiger partial charge in [-0.1, -0.05) is 51.1 Å². The summed E-state index contributed by atoms with van der Waals surface area (Å²) in [6.45, 7) is 6.85. The number of furan rings is 1. The van der Waals surface area contributed by atoms with Crippen molar-refractivity contribution in [3.63, 3.8) is 0 Å². The van der Waals surface area contributed by atoms with E-state index >= 15 is 0 Å². The van der Waals surface area contributed by atoms with Crippen molar-refractivity contribution in [3.8, 4) is 0 Å². The zero-order chi connectivity index (χ0) is 27.3. The third-order valence-corrected chi connectivity index (χ3v) is 6.69. The van der Waals surface area contributed by atoms with Gasteiger partial charge < -0.3 is 24.1 Å². The molecule has 4 rings (SSSR count). The standard InChI is InChI=1S/C31H38N4O3/c1-31(2,3)30(37)35(21-26-9-8-18-38-26)22-29(36)34(20-23-12-14-25(15-13-23)33(4)5)17-16-24-19-32-28-11-7-6-10-27(24)28/h6-15,18-19,32H,16-17,20-22H2,1-5H3. The Kier molecular flexibility index (Phi) is 8.25. The predicted molar refractivity (Wildman–Crippen MR) is 152 cm³/mol. The minimum absolute atomic E-state index is 0.0134. The molecule has 0 aliphatic rings. The van der Waals surface area contributed by atoms with Crippen molar-refractivity contribution < 1.29 is 14.0 Å². The number of H-pyrrole nitrogens is 1. The number of aromatic amines is 1. The van der Waals surface area contributed by atoms with Crippen LogP contribution in [0.4, 0.5) is 5.69 Å². The first-order valence-electron chi connectivity index (χ1n) is 13.0. The first kappa shape index (κ1) is 27.0. The van der Waals surface area contributed by atoms with Crippen LogP contribution in [0.3, 0.4) is 0 Å². The van der Waals surface area contributed by atoms with Gasteiger partial charge in [0.25, 0.3) is 0 Å². The van der Waals surface area contributed by atoms with Gasteiger partial charge in [0.2, 0.25) is 11.8 Å². The van der Waals surface area contributed by atoms with Gasteiger partial charge in [0, 0.05) is 55.4 Å². The SMILES string of the molecule is CN(C)c1ccc(CN(CCc2c[nH]c3ccccc23)C(=O)CN(Cc2ccco2)C(=O)C(C)(C)C)cc1. The van der Waals surface area contributed by atoms with Crippen LogP contribution in [-0.2, 0) is 29.1 Å². The molecule has 0 saturated carbocycles. The van der Waals surface area contributed by atoms with Crippen molar-refractivity contribution >= 4 is 28.4 Å². The lowest BCUT2D eigenvalue weighted by molar-refractivity contribution is -0.146. The molecule has 0 atom stereocenters. The number of benzene rings is 2. The number of hydrogen-bond donors (Lipinski definition) is 1. The van der Waals surface area contributed by atoms with Gasteiger partial charge in [-0.05, 0) is 47.9 Å². The number of amides is 2. The molecule has 1 N–H and O–H groups in total. The molecule has 2 aromatic heterocycles. The third-order valence-electron chi connectivity index (χ3n) is 6.69. The minimum atomic E-state index is -0.621. The second-order valence-corrected chi connectivity index (χ2v) is 11.0. The molecule has 0 fully saturated rings. The molecule has 200 valence electrons. The summed E-state index contributed by atoms with van der Waals surface area (Å²) >= 11 is 0. The monoisotopic (exact) mass is 514 g/mol. The summed E-state index contributed by atoms with van der Waals surface area (Å²) in [5.41, 5.74) is 3.78. The fourth-order valence-electron chi connectivity index (χ4n) is 4.53. The average molecular weight is 515 g/mol. The summed E-state index contributed by atoms with van der Waals surface area (Å²) in [6.07, 6.45) is 4.31. The quantitative estimate of drug-likeness (QED) is 0.304. The maximum Gasteiger partial charge on any atom is 0.242 e. The fourth-order valence-corrected chi connectivity index (χ4v) is 4.53. The number of para-hydroxylation sites is 1. The Labute approximate surface area is 225 Å². The van der Waals surface area contributed by atoms with Gasteiger partial charge in [0.1, 0.15) is 12.3 Å². The number of carbonyl (C=O) groups excluding carboxylic acids is 2. The normalized spacial score (nSPS) is 11.5. The number of rotatable bonds is 10. The van der Waals surface area contributed by atoms with Crippen LogP contribution in [0.25, 0.3) is 10.9 Å². The number of nitrogens with zero attached hydrogens (tertiary/aromatic N) is 3. The maximum absolute atomic E-state index is 13.8. The topological polar surface area (TPSA) is 72.8 Å². The largest absolute Gasteiger partial charge is 0.467 e. The smallest absolute Gasteiger partial charge is 0.242 e. The van der Waals surface area contributed by atoms with Crippen molar-refractivity contribution in [1.29, 1.82) is 0 Å². The van der Waals surface area contributed by atoms with E-state index in [1.165, 1.54) is 5.56 Å². The van der Waals surface area contributed by atoms with Crippen LogP contribution in [-0.4, -0.2) is 53.8 Å². The van der Waals surface area contributed by atoms with Crippen molar-refractivity contribution in [2.45, 2.75) is 40.3 Å². The predicted octanol–water partition coefficient (Wildman–Crippen LogP) is 5.47. The van der Waals surface area contributed by atoms with Crippen LogP contribution in [0.15, 0.2) is 77.5 Å². The Balaban J connectivity index is 1.56. The maximum atomic E-state index is 13.8. The van der Waals surface area contributed by atoms with E-state index < -0.39 is 5.41 Å². The van der Waals surface area contributed by atoms with Gasteiger partial charge in [0.15, 0.2) is 0 Å². The van der Waals surface area contributed by atoms with Gasteiger partial charge >= 0.3 is 0 Å². The van der Waals surface area contributed by atoms with E-state index in [2.05, 4.69) is 41.4 Å². The van der Waals surface area contributed by atoms with Crippen LogP contribution < -0.4 is 4.90 Å². The van der Waals surface area contributed by atoms with Crippen molar-refractivity contribution in [2.24, 2.45) is 5.41 Å². The fraction of sp³-hybridized carbons (Fsp3) is 0.355.